The molecule has 0 aliphatic carbocycles. The van der Waals surface area contributed by atoms with Crippen molar-refractivity contribution in [2.75, 3.05) is 33.0 Å². The second-order valence-corrected chi connectivity index (χ2v) is 4.38. The molecule has 2 saturated heterocycles. The van der Waals surface area contributed by atoms with Crippen molar-refractivity contribution in [2.45, 2.75) is 32.4 Å². The van der Waals surface area contributed by atoms with E-state index in [1.165, 1.54) is 26.1 Å². The molecule has 0 aromatic rings. The number of fused-ring (bicyclic) bond motifs is 1. The first-order valence-corrected chi connectivity index (χ1v) is 5.33. The number of nitrogens with zero attached hydrogens (tertiary/aromatic N) is 2. The van der Waals surface area contributed by atoms with Crippen LogP contribution in [-0.4, -0.2) is 54.9 Å². The molecule has 0 aromatic carbocycles. The van der Waals surface area contributed by atoms with Crippen molar-refractivity contribution in [3.05, 3.63) is 0 Å². The minimum absolute atomic E-state index is 0.699. The molecule has 3 heteroatoms. The average molecular weight is 184 g/mol. The molecular formula is C10H20N2O. The predicted molar refractivity (Wildman–Crippen MR) is 52.6 cm³/mol. The van der Waals surface area contributed by atoms with Gasteiger partial charge in [-0.25, -0.2) is 0 Å². The summed E-state index contributed by atoms with van der Waals surface area (Å²) >= 11 is 0. The highest BCUT2D eigenvalue weighted by molar-refractivity contribution is 4.83. The van der Waals surface area contributed by atoms with Crippen LogP contribution < -0.4 is 0 Å². The highest BCUT2D eigenvalue weighted by atomic mass is 16.5. The summed E-state index contributed by atoms with van der Waals surface area (Å²) in [6.07, 6.45) is 1.21. The summed E-state index contributed by atoms with van der Waals surface area (Å²) in [6.45, 7) is 10.0. The van der Waals surface area contributed by atoms with Crippen molar-refractivity contribution in [3.8, 4) is 0 Å². The minimum Gasteiger partial charge on any atom is -0.366 e. The van der Waals surface area contributed by atoms with Crippen molar-refractivity contribution in [1.29, 1.82) is 0 Å². The van der Waals surface area contributed by atoms with Gasteiger partial charge in [-0.05, 0) is 20.3 Å². The maximum absolute atomic E-state index is 5.44. The fourth-order valence-corrected chi connectivity index (χ4v) is 2.23. The van der Waals surface area contributed by atoms with E-state index in [0.29, 0.717) is 6.04 Å². The molecule has 0 unspecified atom stereocenters. The maximum atomic E-state index is 5.44. The van der Waals surface area contributed by atoms with Gasteiger partial charge in [-0.3, -0.25) is 9.80 Å². The van der Waals surface area contributed by atoms with Gasteiger partial charge in [-0.2, -0.15) is 0 Å². The van der Waals surface area contributed by atoms with Gasteiger partial charge in [-0.1, -0.05) is 0 Å². The minimum atomic E-state index is 0.699. The van der Waals surface area contributed by atoms with Crippen molar-refractivity contribution in [2.24, 2.45) is 0 Å². The van der Waals surface area contributed by atoms with Crippen LogP contribution in [0.3, 0.4) is 0 Å². The highest BCUT2D eigenvalue weighted by Crippen LogP contribution is 2.18. The summed E-state index contributed by atoms with van der Waals surface area (Å²) in [7, 11) is 0. The van der Waals surface area contributed by atoms with Crippen molar-refractivity contribution in [3.63, 3.8) is 0 Å². The molecule has 0 aromatic heterocycles. The summed E-state index contributed by atoms with van der Waals surface area (Å²) in [5, 5.41) is 0. The molecule has 13 heavy (non-hydrogen) atoms. The summed E-state index contributed by atoms with van der Waals surface area (Å²) in [5.74, 6) is 0. The topological polar surface area (TPSA) is 15.7 Å². The lowest BCUT2D eigenvalue weighted by atomic mass is 10.1. The molecule has 2 aliphatic rings. The van der Waals surface area contributed by atoms with Crippen LogP contribution in [0, 0.1) is 0 Å². The van der Waals surface area contributed by atoms with Gasteiger partial charge in [0.25, 0.3) is 0 Å². The summed E-state index contributed by atoms with van der Waals surface area (Å²) in [5.41, 5.74) is 0. The van der Waals surface area contributed by atoms with Crippen LogP contribution >= 0.6 is 0 Å². The van der Waals surface area contributed by atoms with E-state index in [2.05, 4.69) is 23.6 Å². The standard InChI is InChI=1S/C10H20N2O/c1-9(2)11-4-5-12-8-13-6-3-10(12)7-11/h9-10H,3-8H2,1-2H3/t10-/m1/s1. The van der Waals surface area contributed by atoms with Gasteiger partial charge in [0.1, 0.15) is 0 Å². The fraction of sp³-hybridized carbons (Fsp3) is 1.00. The van der Waals surface area contributed by atoms with Gasteiger partial charge >= 0.3 is 0 Å². The molecule has 0 N–H and O–H groups in total. The summed E-state index contributed by atoms with van der Waals surface area (Å²) in [4.78, 5) is 5.05. The normalized spacial score (nSPS) is 32.1. The van der Waals surface area contributed by atoms with Gasteiger partial charge in [-0.15, -0.1) is 0 Å². The Hall–Kier alpha value is -0.120. The van der Waals surface area contributed by atoms with Crippen LogP contribution in [-0.2, 0) is 4.74 Å². The molecule has 2 fully saturated rings. The smallest absolute Gasteiger partial charge is 0.0993 e. The third kappa shape index (κ3) is 2.03. The first-order chi connectivity index (χ1) is 6.27. The van der Waals surface area contributed by atoms with E-state index in [1.54, 1.807) is 0 Å². The third-order valence-electron chi connectivity index (χ3n) is 3.22. The Labute approximate surface area is 80.6 Å². The highest BCUT2D eigenvalue weighted by Gasteiger charge is 2.29. The van der Waals surface area contributed by atoms with Crippen LogP contribution in [0.1, 0.15) is 20.3 Å². The Kier molecular flexibility index (Phi) is 2.86. The summed E-state index contributed by atoms with van der Waals surface area (Å²) < 4.78 is 5.44. The lowest BCUT2D eigenvalue weighted by molar-refractivity contribution is -0.0813. The lowest BCUT2D eigenvalue weighted by Gasteiger charge is -2.45. The maximum Gasteiger partial charge on any atom is 0.0993 e. The second-order valence-electron chi connectivity index (χ2n) is 4.38. The van der Waals surface area contributed by atoms with Gasteiger partial charge in [0, 0.05) is 38.3 Å². The third-order valence-corrected chi connectivity index (χ3v) is 3.22. The number of hydrogen-bond acceptors (Lipinski definition) is 3. The van der Waals surface area contributed by atoms with Crippen LogP contribution in [0.4, 0.5) is 0 Å². The molecule has 0 radical (unpaired) electrons. The largest absolute Gasteiger partial charge is 0.366 e. The molecule has 2 aliphatic heterocycles. The molecule has 76 valence electrons. The monoisotopic (exact) mass is 184 g/mol. The van der Waals surface area contributed by atoms with Crippen LogP contribution in [0.2, 0.25) is 0 Å². The van der Waals surface area contributed by atoms with Gasteiger partial charge in [0.05, 0.1) is 6.73 Å². The predicted octanol–water partition coefficient (Wildman–Crippen LogP) is 0.759. The first kappa shape index (κ1) is 9.44. The van der Waals surface area contributed by atoms with E-state index in [9.17, 15) is 0 Å². The first-order valence-electron chi connectivity index (χ1n) is 5.33. The van der Waals surface area contributed by atoms with Crippen molar-refractivity contribution < 1.29 is 4.74 Å². The van der Waals surface area contributed by atoms with E-state index >= 15 is 0 Å². The number of piperazine rings is 1. The Morgan fingerprint density at radius 2 is 2.15 bits per heavy atom. The van der Waals surface area contributed by atoms with E-state index in [1.807, 2.05) is 0 Å². The van der Waals surface area contributed by atoms with E-state index in [4.69, 9.17) is 4.74 Å². The SMILES string of the molecule is CC(C)N1CCN2COCC[C@@H]2C1. The Bertz CT molecular complexity index is 172. The zero-order valence-corrected chi connectivity index (χ0v) is 8.70. The number of rotatable bonds is 1. The number of ether oxygens (including phenoxy) is 1. The van der Waals surface area contributed by atoms with Crippen molar-refractivity contribution >= 4 is 0 Å². The van der Waals surface area contributed by atoms with E-state index in [0.717, 1.165) is 19.4 Å². The van der Waals surface area contributed by atoms with Crippen LogP contribution in [0.25, 0.3) is 0 Å². The average Bonchev–Trinajstić information content (AvgIpc) is 2.17. The zero-order valence-electron chi connectivity index (χ0n) is 8.70. The molecule has 0 amide bonds. The van der Waals surface area contributed by atoms with Crippen LogP contribution in [0.15, 0.2) is 0 Å². The molecule has 2 rings (SSSR count). The van der Waals surface area contributed by atoms with Crippen molar-refractivity contribution in [1.82, 2.24) is 9.80 Å². The summed E-state index contributed by atoms with van der Waals surface area (Å²) in [6, 6.07) is 1.45. The Morgan fingerprint density at radius 3 is 2.92 bits per heavy atom. The molecule has 3 nitrogen and oxygen atoms in total. The Morgan fingerprint density at radius 1 is 1.31 bits per heavy atom. The molecule has 0 spiro atoms. The van der Waals surface area contributed by atoms with E-state index in [-0.39, 0.29) is 0 Å². The quantitative estimate of drug-likeness (QED) is 0.598. The molecule has 0 saturated carbocycles. The van der Waals surface area contributed by atoms with Gasteiger partial charge < -0.3 is 4.74 Å². The molecule has 1 atom stereocenters. The van der Waals surface area contributed by atoms with E-state index < -0.39 is 0 Å². The molecular weight excluding hydrogens is 164 g/mol. The molecule has 0 bridgehead atoms. The zero-order chi connectivity index (χ0) is 9.26. The Balaban J connectivity index is 1.91. The van der Waals surface area contributed by atoms with Gasteiger partial charge in [0.15, 0.2) is 0 Å². The second kappa shape index (κ2) is 3.95. The number of hydrogen-bond donors (Lipinski definition) is 0. The van der Waals surface area contributed by atoms with Crippen LogP contribution in [0.5, 0.6) is 0 Å². The van der Waals surface area contributed by atoms with Gasteiger partial charge in [0.2, 0.25) is 0 Å². The fourth-order valence-electron chi connectivity index (χ4n) is 2.23. The molecule has 2 heterocycles. The lowest BCUT2D eigenvalue weighted by Crippen LogP contribution is -2.57.